The molecule has 1 aliphatic rings. The Bertz CT molecular complexity index is 133. The molecule has 0 bridgehead atoms. The first-order valence-electron chi connectivity index (χ1n) is 3.95. The quantitative estimate of drug-likeness (QED) is 0.619. The van der Waals surface area contributed by atoms with Gasteiger partial charge in [-0.1, -0.05) is 0 Å². The first-order valence-corrected chi connectivity index (χ1v) is 3.95. The maximum Gasteiger partial charge on any atom is 0.155 e. The Morgan fingerprint density at radius 3 is 2.55 bits per heavy atom. The molecule has 2 atom stereocenters. The molecule has 0 aliphatic carbocycles. The van der Waals surface area contributed by atoms with Crippen LogP contribution in [0.15, 0.2) is 0 Å². The Morgan fingerprint density at radius 2 is 2.09 bits per heavy atom. The van der Waals surface area contributed by atoms with E-state index >= 15 is 0 Å². The summed E-state index contributed by atoms with van der Waals surface area (Å²) in [7, 11) is 1.67. The van der Waals surface area contributed by atoms with Crippen molar-refractivity contribution in [3.05, 3.63) is 0 Å². The van der Waals surface area contributed by atoms with Crippen LogP contribution in [0.1, 0.15) is 26.7 Å². The van der Waals surface area contributed by atoms with Crippen LogP contribution in [0, 0.1) is 0 Å². The van der Waals surface area contributed by atoms with E-state index in [0.29, 0.717) is 6.42 Å². The molecule has 0 aromatic carbocycles. The van der Waals surface area contributed by atoms with Gasteiger partial charge in [0.15, 0.2) is 6.29 Å². The summed E-state index contributed by atoms with van der Waals surface area (Å²) in [5.74, 6) is 0. The molecule has 2 unspecified atom stereocenters. The zero-order valence-corrected chi connectivity index (χ0v) is 7.33. The molecule has 1 saturated heterocycles. The predicted molar refractivity (Wildman–Crippen MR) is 41.2 cm³/mol. The van der Waals surface area contributed by atoms with Crippen molar-refractivity contribution in [1.29, 1.82) is 0 Å². The molecule has 0 radical (unpaired) electrons. The molecule has 0 aromatic heterocycles. The fourth-order valence-corrected chi connectivity index (χ4v) is 1.53. The van der Waals surface area contributed by atoms with Crippen LogP contribution in [0.3, 0.4) is 0 Å². The Morgan fingerprint density at radius 1 is 1.45 bits per heavy atom. The number of aliphatic hydroxyl groups excluding tert-OH is 1. The van der Waals surface area contributed by atoms with Gasteiger partial charge in [-0.25, -0.2) is 0 Å². The average molecular weight is 160 g/mol. The molecule has 66 valence electrons. The van der Waals surface area contributed by atoms with E-state index in [9.17, 15) is 5.11 Å². The second kappa shape index (κ2) is 3.09. The van der Waals surface area contributed by atoms with Crippen molar-refractivity contribution in [1.82, 2.24) is 0 Å². The van der Waals surface area contributed by atoms with Gasteiger partial charge < -0.3 is 14.6 Å². The number of methoxy groups -OCH3 is 1. The van der Waals surface area contributed by atoms with Gasteiger partial charge in [-0.05, 0) is 20.3 Å². The second-order valence-corrected chi connectivity index (χ2v) is 3.48. The number of ether oxygens (including phenoxy) is 2. The Balaban J connectivity index is 2.56. The molecular weight excluding hydrogens is 144 g/mol. The third-order valence-corrected chi connectivity index (χ3v) is 2.18. The molecular formula is C8H16O3. The van der Waals surface area contributed by atoms with Crippen molar-refractivity contribution < 1.29 is 14.6 Å². The summed E-state index contributed by atoms with van der Waals surface area (Å²) in [6.07, 6.45) is 1.02. The van der Waals surface area contributed by atoms with E-state index in [1.165, 1.54) is 0 Å². The van der Waals surface area contributed by atoms with Crippen molar-refractivity contribution in [3.8, 4) is 0 Å². The highest BCUT2D eigenvalue weighted by Gasteiger charge is 2.37. The van der Waals surface area contributed by atoms with Gasteiger partial charge in [0.05, 0.1) is 11.7 Å². The Kier molecular flexibility index (Phi) is 2.52. The summed E-state index contributed by atoms with van der Waals surface area (Å²) in [5.41, 5.74) is -0.355. The van der Waals surface area contributed by atoms with E-state index in [4.69, 9.17) is 9.47 Å². The van der Waals surface area contributed by atoms with Crippen molar-refractivity contribution in [2.45, 2.75) is 44.7 Å². The average Bonchev–Trinajstić information content (AvgIpc) is 1.85. The summed E-state index contributed by atoms with van der Waals surface area (Å²) in [4.78, 5) is 0. The normalized spacial score (nSPS) is 37.1. The van der Waals surface area contributed by atoms with E-state index in [1.54, 1.807) is 7.11 Å². The smallest absolute Gasteiger partial charge is 0.155 e. The number of aliphatic hydroxyl groups is 1. The molecule has 0 aromatic rings. The fraction of sp³-hybridized carbons (Fsp3) is 1.00. The van der Waals surface area contributed by atoms with Gasteiger partial charge in [0.1, 0.15) is 0 Å². The molecule has 1 rings (SSSR count). The lowest BCUT2D eigenvalue weighted by Crippen LogP contribution is -2.47. The second-order valence-electron chi connectivity index (χ2n) is 3.48. The van der Waals surface area contributed by atoms with Crippen LogP contribution < -0.4 is 0 Å². The monoisotopic (exact) mass is 160 g/mol. The summed E-state index contributed by atoms with van der Waals surface area (Å²) < 4.78 is 10.5. The van der Waals surface area contributed by atoms with Gasteiger partial charge in [0, 0.05) is 13.5 Å². The largest absolute Gasteiger partial charge is 0.378 e. The molecule has 3 heteroatoms. The van der Waals surface area contributed by atoms with Crippen LogP contribution >= 0.6 is 0 Å². The molecule has 0 spiro atoms. The number of hydrogen-bond donors (Lipinski definition) is 1. The van der Waals surface area contributed by atoms with Gasteiger partial charge in [-0.3, -0.25) is 0 Å². The van der Waals surface area contributed by atoms with E-state index in [0.717, 1.165) is 6.42 Å². The lowest BCUT2D eigenvalue weighted by molar-refractivity contribution is -0.243. The molecule has 1 aliphatic heterocycles. The first-order chi connectivity index (χ1) is 5.06. The summed E-state index contributed by atoms with van der Waals surface area (Å²) >= 11 is 0. The van der Waals surface area contributed by atoms with Crippen LogP contribution in [0.5, 0.6) is 0 Å². The van der Waals surface area contributed by atoms with Crippen LogP contribution in [0.4, 0.5) is 0 Å². The highest BCUT2D eigenvalue weighted by Crippen LogP contribution is 2.29. The number of rotatable bonds is 1. The van der Waals surface area contributed by atoms with E-state index in [-0.39, 0.29) is 11.7 Å². The lowest BCUT2D eigenvalue weighted by Gasteiger charge is -2.39. The van der Waals surface area contributed by atoms with E-state index in [1.807, 2.05) is 13.8 Å². The summed E-state index contributed by atoms with van der Waals surface area (Å²) in [5, 5.41) is 9.18. The van der Waals surface area contributed by atoms with E-state index in [2.05, 4.69) is 0 Å². The SMILES string of the molecule is COC1CCC(O)OC1(C)C. The molecule has 1 heterocycles. The van der Waals surface area contributed by atoms with Crippen molar-refractivity contribution in [2.75, 3.05) is 7.11 Å². The third kappa shape index (κ3) is 1.92. The van der Waals surface area contributed by atoms with Gasteiger partial charge >= 0.3 is 0 Å². The maximum atomic E-state index is 9.18. The van der Waals surface area contributed by atoms with Crippen molar-refractivity contribution in [3.63, 3.8) is 0 Å². The minimum absolute atomic E-state index is 0.103. The highest BCUT2D eigenvalue weighted by molar-refractivity contribution is 4.84. The summed E-state index contributed by atoms with van der Waals surface area (Å²) in [6, 6.07) is 0. The molecule has 1 fully saturated rings. The van der Waals surface area contributed by atoms with Crippen molar-refractivity contribution >= 4 is 0 Å². The fourth-order valence-electron chi connectivity index (χ4n) is 1.53. The topological polar surface area (TPSA) is 38.7 Å². The highest BCUT2D eigenvalue weighted by atomic mass is 16.6. The third-order valence-electron chi connectivity index (χ3n) is 2.18. The van der Waals surface area contributed by atoms with Crippen LogP contribution in [0.25, 0.3) is 0 Å². The lowest BCUT2D eigenvalue weighted by atomic mass is 9.94. The molecule has 0 saturated carbocycles. The Labute approximate surface area is 67.3 Å². The van der Waals surface area contributed by atoms with Gasteiger partial charge in [0.2, 0.25) is 0 Å². The van der Waals surface area contributed by atoms with E-state index < -0.39 is 6.29 Å². The molecule has 0 amide bonds. The molecule has 1 N–H and O–H groups in total. The standard InChI is InChI=1S/C8H16O3/c1-8(2)6(10-3)4-5-7(9)11-8/h6-7,9H,4-5H2,1-3H3. The minimum Gasteiger partial charge on any atom is -0.378 e. The Hall–Kier alpha value is -0.120. The molecule has 11 heavy (non-hydrogen) atoms. The zero-order chi connectivity index (χ0) is 8.48. The zero-order valence-electron chi connectivity index (χ0n) is 7.33. The molecule has 3 nitrogen and oxygen atoms in total. The maximum absolute atomic E-state index is 9.18. The van der Waals surface area contributed by atoms with Crippen molar-refractivity contribution in [2.24, 2.45) is 0 Å². The van der Waals surface area contributed by atoms with Crippen LogP contribution in [-0.4, -0.2) is 30.2 Å². The van der Waals surface area contributed by atoms with Crippen LogP contribution in [0.2, 0.25) is 0 Å². The summed E-state index contributed by atoms with van der Waals surface area (Å²) in [6.45, 7) is 3.87. The first kappa shape index (κ1) is 8.97. The van der Waals surface area contributed by atoms with Gasteiger partial charge in [-0.15, -0.1) is 0 Å². The predicted octanol–water partition coefficient (Wildman–Crippen LogP) is 0.909. The van der Waals surface area contributed by atoms with Crippen LogP contribution in [-0.2, 0) is 9.47 Å². The minimum atomic E-state index is -0.614. The van der Waals surface area contributed by atoms with Gasteiger partial charge in [-0.2, -0.15) is 0 Å². The van der Waals surface area contributed by atoms with Gasteiger partial charge in [0.25, 0.3) is 0 Å². The number of hydrogen-bond acceptors (Lipinski definition) is 3.